The Morgan fingerprint density at radius 2 is 2.21 bits per heavy atom. The number of carbonyl (C=O) groups is 1. The van der Waals surface area contributed by atoms with Gasteiger partial charge in [0.05, 0.1) is 5.41 Å². The van der Waals surface area contributed by atoms with Crippen molar-refractivity contribution in [2.24, 2.45) is 17.3 Å². The minimum atomic E-state index is -0.0873. The summed E-state index contributed by atoms with van der Waals surface area (Å²) in [5, 5.41) is 3.00. The van der Waals surface area contributed by atoms with E-state index < -0.39 is 0 Å². The molecule has 0 bridgehead atoms. The topological polar surface area (TPSA) is 29.1 Å². The van der Waals surface area contributed by atoms with E-state index in [0.717, 1.165) is 13.0 Å². The number of amides is 1. The highest BCUT2D eigenvalue weighted by Gasteiger charge is 2.48. The third kappa shape index (κ3) is 1.67. The molecule has 0 spiro atoms. The fourth-order valence-corrected chi connectivity index (χ4v) is 2.99. The summed E-state index contributed by atoms with van der Waals surface area (Å²) in [5.41, 5.74) is -0.0873. The molecule has 82 valence electrons. The molecule has 1 saturated carbocycles. The zero-order valence-electron chi connectivity index (χ0n) is 9.89. The second kappa shape index (κ2) is 4.33. The molecule has 1 aliphatic carbocycles. The number of hydrogen-bond donors (Lipinski definition) is 1. The minimum Gasteiger partial charge on any atom is -0.356 e. The van der Waals surface area contributed by atoms with E-state index in [4.69, 9.17) is 0 Å². The first-order valence-corrected chi connectivity index (χ1v) is 5.84. The van der Waals surface area contributed by atoms with Gasteiger partial charge in [0, 0.05) is 6.54 Å². The predicted molar refractivity (Wildman–Crippen MR) is 59.0 cm³/mol. The van der Waals surface area contributed by atoms with Crippen LogP contribution < -0.4 is 5.32 Å². The quantitative estimate of drug-likeness (QED) is 0.740. The Labute approximate surface area is 87.5 Å². The van der Waals surface area contributed by atoms with Gasteiger partial charge < -0.3 is 5.32 Å². The maximum absolute atomic E-state index is 12.1. The van der Waals surface area contributed by atoms with Crippen LogP contribution in [0.2, 0.25) is 0 Å². The number of hydrogen-bond acceptors (Lipinski definition) is 1. The molecule has 0 aromatic heterocycles. The molecule has 1 fully saturated rings. The minimum absolute atomic E-state index is 0.0873. The molecule has 0 aliphatic heterocycles. The van der Waals surface area contributed by atoms with Crippen molar-refractivity contribution in [1.82, 2.24) is 5.32 Å². The Morgan fingerprint density at radius 3 is 2.57 bits per heavy atom. The van der Waals surface area contributed by atoms with Crippen molar-refractivity contribution in [3.8, 4) is 0 Å². The molecule has 1 amide bonds. The molecule has 2 unspecified atom stereocenters. The molecule has 14 heavy (non-hydrogen) atoms. The Balaban J connectivity index is 2.87. The molecule has 1 N–H and O–H groups in total. The summed E-state index contributed by atoms with van der Waals surface area (Å²) in [7, 11) is 0. The average molecular weight is 197 g/mol. The lowest BCUT2D eigenvalue weighted by atomic mass is 9.69. The van der Waals surface area contributed by atoms with E-state index >= 15 is 0 Å². The summed E-state index contributed by atoms with van der Waals surface area (Å²) in [6.07, 6.45) is 3.48. The zero-order valence-corrected chi connectivity index (χ0v) is 9.89. The van der Waals surface area contributed by atoms with Crippen LogP contribution in [0.5, 0.6) is 0 Å². The Bertz CT molecular complexity index is 212. The van der Waals surface area contributed by atoms with E-state index in [-0.39, 0.29) is 11.3 Å². The molecule has 0 aromatic carbocycles. The maximum Gasteiger partial charge on any atom is 0.226 e. The van der Waals surface area contributed by atoms with Crippen LogP contribution in [0.4, 0.5) is 0 Å². The molecule has 1 rings (SSSR count). The van der Waals surface area contributed by atoms with Crippen LogP contribution in [0.25, 0.3) is 0 Å². The van der Waals surface area contributed by atoms with E-state index in [1.54, 1.807) is 0 Å². The second-order valence-corrected chi connectivity index (χ2v) is 4.85. The standard InChI is InChI=1S/C12H23NO/c1-5-13-11(14)12(9(2)3)8-6-7-10(12)4/h9-10H,5-8H2,1-4H3,(H,13,14). The van der Waals surface area contributed by atoms with E-state index in [2.05, 4.69) is 26.1 Å². The molecule has 0 saturated heterocycles. The molecule has 0 radical (unpaired) electrons. The highest BCUT2D eigenvalue weighted by molar-refractivity contribution is 5.83. The van der Waals surface area contributed by atoms with Crippen LogP contribution in [-0.4, -0.2) is 12.5 Å². The van der Waals surface area contributed by atoms with Crippen molar-refractivity contribution >= 4 is 5.91 Å². The first-order valence-electron chi connectivity index (χ1n) is 5.84. The van der Waals surface area contributed by atoms with Crippen molar-refractivity contribution in [2.75, 3.05) is 6.54 Å². The van der Waals surface area contributed by atoms with Gasteiger partial charge in [-0.2, -0.15) is 0 Å². The average Bonchev–Trinajstić information content (AvgIpc) is 2.48. The lowest BCUT2D eigenvalue weighted by Crippen LogP contribution is -2.46. The van der Waals surface area contributed by atoms with E-state index in [0.29, 0.717) is 11.8 Å². The van der Waals surface area contributed by atoms with Crippen LogP contribution in [0.15, 0.2) is 0 Å². The van der Waals surface area contributed by atoms with Gasteiger partial charge in [0.1, 0.15) is 0 Å². The summed E-state index contributed by atoms with van der Waals surface area (Å²) in [6, 6.07) is 0. The Morgan fingerprint density at radius 1 is 1.57 bits per heavy atom. The summed E-state index contributed by atoms with van der Waals surface area (Å²) in [4.78, 5) is 12.1. The van der Waals surface area contributed by atoms with Crippen LogP contribution in [0, 0.1) is 17.3 Å². The monoisotopic (exact) mass is 197 g/mol. The number of nitrogens with one attached hydrogen (secondary N) is 1. The maximum atomic E-state index is 12.1. The summed E-state index contributed by atoms with van der Waals surface area (Å²) >= 11 is 0. The summed E-state index contributed by atoms with van der Waals surface area (Å²) in [6.45, 7) is 9.32. The van der Waals surface area contributed by atoms with Gasteiger partial charge in [-0.05, 0) is 31.6 Å². The Kier molecular flexibility index (Phi) is 3.57. The SMILES string of the molecule is CCNC(=O)C1(C(C)C)CCCC1C. The number of carbonyl (C=O) groups excluding carboxylic acids is 1. The van der Waals surface area contributed by atoms with E-state index in [9.17, 15) is 4.79 Å². The molecular formula is C12H23NO. The van der Waals surface area contributed by atoms with Crippen molar-refractivity contribution in [2.45, 2.75) is 47.0 Å². The van der Waals surface area contributed by atoms with E-state index in [1.165, 1.54) is 12.8 Å². The second-order valence-electron chi connectivity index (χ2n) is 4.85. The van der Waals surface area contributed by atoms with Crippen LogP contribution in [0.1, 0.15) is 47.0 Å². The van der Waals surface area contributed by atoms with Gasteiger partial charge in [0.2, 0.25) is 5.91 Å². The lowest BCUT2D eigenvalue weighted by molar-refractivity contribution is -0.135. The molecule has 2 atom stereocenters. The van der Waals surface area contributed by atoms with Gasteiger partial charge in [0.15, 0.2) is 0 Å². The molecule has 2 heteroatoms. The molecule has 0 heterocycles. The van der Waals surface area contributed by atoms with Crippen molar-refractivity contribution < 1.29 is 4.79 Å². The largest absolute Gasteiger partial charge is 0.356 e. The van der Waals surface area contributed by atoms with Crippen molar-refractivity contribution in [1.29, 1.82) is 0 Å². The van der Waals surface area contributed by atoms with Crippen molar-refractivity contribution in [3.05, 3.63) is 0 Å². The fraction of sp³-hybridized carbons (Fsp3) is 0.917. The normalized spacial score (nSPS) is 32.2. The molecular weight excluding hydrogens is 174 g/mol. The van der Waals surface area contributed by atoms with Gasteiger partial charge >= 0.3 is 0 Å². The Hall–Kier alpha value is -0.530. The van der Waals surface area contributed by atoms with Crippen molar-refractivity contribution in [3.63, 3.8) is 0 Å². The van der Waals surface area contributed by atoms with Crippen LogP contribution in [0.3, 0.4) is 0 Å². The van der Waals surface area contributed by atoms with Gasteiger partial charge in [-0.15, -0.1) is 0 Å². The predicted octanol–water partition coefficient (Wildman–Crippen LogP) is 2.58. The zero-order chi connectivity index (χ0) is 10.8. The van der Waals surface area contributed by atoms with Gasteiger partial charge in [-0.3, -0.25) is 4.79 Å². The summed E-state index contributed by atoms with van der Waals surface area (Å²) < 4.78 is 0. The van der Waals surface area contributed by atoms with Gasteiger partial charge in [-0.1, -0.05) is 27.2 Å². The highest BCUT2D eigenvalue weighted by atomic mass is 16.2. The first-order chi connectivity index (χ1) is 6.55. The highest BCUT2D eigenvalue weighted by Crippen LogP contribution is 2.48. The molecule has 1 aliphatic rings. The third-order valence-corrected chi connectivity index (χ3v) is 3.90. The van der Waals surface area contributed by atoms with Crippen LogP contribution in [-0.2, 0) is 4.79 Å². The van der Waals surface area contributed by atoms with Gasteiger partial charge in [0.25, 0.3) is 0 Å². The smallest absolute Gasteiger partial charge is 0.226 e. The van der Waals surface area contributed by atoms with Gasteiger partial charge in [-0.25, -0.2) is 0 Å². The molecule has 0 aromatic rings. The fourth-order valence-electron chi connectivity index (χ4n) is 2.99. The van der Waals surface area contributed by atoms with E-state index in [1.807, 2.05) is 6.92 Å². The van der Waals surface area contributed by atoms with Crippen LogP contribution >= 0.6 is 0 Å². The number of rotatable bonds is 3. The lowest BCUT2D eigenvalue weighted by Gasteiger charge is -2.36. The first kappa shape index (κ1) is 11.5. The summed E-state index contributed by atoms with van der Waals surface area (Å²) in [5.74, 6) is 1.26. The molecule has 2 nitrogen and oxygen atoms in total. The third-order valence-electron chi connectivity index (χ3n) is 3.90.